The Morgan fingerprint density at radius 3 is 2.76 bits per heavy atom. The van der Waals surface area contributed by atoms with Gasteiger partial charge in [0.25, 0.3) is 0 Å². The van der Waals surface area contributed by atoms with E-state index in [0.29, 0.717) is 12.9 Å². The molecule has 0 aliphatic rings. The number of carbonyl (C=O) groups is 1. The van der Waals surface area contributed by atoms with Crippen LogP contribution in [0.2, 0.25) is 0 Å². The molecule has 0 bridgehead atoms. The summed E-state index contributed by atoms with van der Waals surface area (Å²) in [6, 6.07) is -0.905. The molecular weight excluding hydrogens is 280 g/mol. The number of nitrogens with one attached hydrogen (secondary N) is 1. The third-order valence-electron chi connectivity index (χ3n) is 2.54. The fourth-order valence-electron chi connectivity index (χ4n) is 1.43. The van der Waals surface area contributed by atoms with Crippen molar-refractivity contribution < 1.29 is 14.5 Å². The SMILES string of the molecule is CCCCOc1nc(N)c([N+](=O)[O-])c(NC(C=O)CN)n1. The van der Waals surface area contributed by atoms with E-state index in [1.54, 1.807) is 0 Å². The average molecular weight is 298 g/mol. The molecule has 0 aliphatic heterocycles. The van der Waals surface area contributed by atoms with Crippen molar-refractivity contribution in [2.75, 3.05) is 24.2 Å². The second-order valence-corrected chi connectivity index (χ2v) is 4.17. The van der Waals surface area contributed by atoms with Crippen molar-refractivity contribution in [3.8, 4) is 6.01 Å². The van der Waals surface area contributed by atoms with Crippen LogP contribution in [0.4, 0.5) is 17.3 Å². The van der Waals surface area contributed by atoms with Crippen LogP contribution in [-0.4, -0.2) is 40.4 Å². The number of unbranched alkanes of at least 4 members (excludes halogenated alkanes) is 1. The normalized spacial score (nSPS) is 11.7. The van der Waals surface area contributed by atoms with E-state index in [4.69, 9.17) is 16.2 Å². The van der Waals surface area contributed by atoms with Crippen LogP contribution in [0.3, 0.4) is 0 Å². The van der Waals surface area contributed by atoms with E-state index in [1.165, 1.54) is 0 Å². The first-order valence-corrected chi connectivity index (χ1v) is 6.40. The number of nitrogens with two attached hydrogens (primary N) is 2. The van der Waals surface area contributed by atoms with Gasteiger partial charge in [-0.25, -0.2) is 0 Å². The number of rotatable bonds is 9. The minimum atomic E-state index is -0.818. The molecule has 1 aromatic heterocycles. The first-order chi connectivity index (χ1) is 10.0. The molecular formula is C11H18N6O4. The molecule has 0 radical (unpaired) electrons. The predicted molar refractivity (Wildman–Crippen MR) is 76.0 cm³/mol. The highest BCUT2D eigenvalue weighted by Crippen LogP contribution is 2.29. The highest BCUT2D eigenvalue weighted by Gasteiger charge is 2.25. The zero-order valence-electron chi connectivity index (χ0n) is 11.6. The average Bonchev–Trinajstić information content (AvgIpc) is 2.44. The van der Waals surface area contributed by atoms with Gasteiger partial charge in [-0.3, -0.25) is 10.1 Å². The Morgan fingerprint density at radius 2 is 2.24 bits per heavy atom. The Labute approximate surface area is 121 Å². The number of hydrogen-bond acceptors (Lipinski definition) is 9. The Morgan fingerprint density at radius 1 is 1.52 bits per heavy atom. The van der Waals surface area contributed by atoms with Gasteiger partial charge in [-0.1, -0.05) is 13.3 Å². The molecule has 0 amide bonds. The first kappa shape index (κ1) is 16.6. The van der Waals surface area contributed by atoms with Crippen molar-refractivity contribution >= 4 is 23.6 Å². The zero-order valence-corrected chi connectivity index (χ0v) is 11.6. The lowest BCUT2D eigenvalue weighted by molar-refractivity contribution is -0.383. The molecule has 1 atom stereocenters. The van der Waals surface area contributed by atoms with Gasteiger partial charge in [-0.2, -0.15) is 9.97 Å². The molecule has 1 aromatic rings. The molecule has 1 rings (SSSR count). The van der Waals surface area contributed by atoms with Gasteiger partial charge in [-0.15, -0.1) is 0 Å². The molecule has 1 unspecified atom stereocenters. The minimum absolute atomic E-state index is 0.0451. The van der Waals surface area contributed by atoms with E-state index in [1.807, 2.05) is 6.92 Å². The van der Waals surface area contributed by atoms with E-state index in [-0.39, 0.29) is 24.2 Å². The standard InChI is InChI=1S/C11H18N6O4/c1-2-3-4-21-11-15-9(13)8(17(19)20)10(16-11)14-7(5-12)6-18/h6-7H,2-5,12H2,1H3,(H3,13,14,15,16). The molecule has 5 N–H and O–H groups in total. The molecule has 10 heteroatoms. The van der Waals surface area contributed by atoms with Crippen LogP contribution >= 0.6 is 0 Å². The van der Waals surface area contributed by atoms with Gasteiger partial charge in [0.2, 0.25) is 11.6 Å². The molecule has 0 aromatic carbocycles. The van der Waals surface area contributed by atoms with E-state index < -0.39 is 16.7 Å². The second-order valence-electron chi connectivity index (χ2n) is 4.17. The van der Waals surface area contributed by atoms with Crippen molar-refractivity contribution in [2.45, 2.75) is 25.8 Å². The summed E-state index contributed by atoms with van der Waals surface area (Å²) in [5.41, 5.74) is 10.4. The molecule has 116 valence electrons. The van der Waals surface area contributed by atoms with Gasteiger partial charge in [-0.05, 0) is 6.42 Å². The number of hydrogen-bond donors (Lipinski definition) is 3. The van der Waals surface area contributed by atoms with Crippen LogP contribution in [0, 0.1) is 10.1 Å². The number of aromatic nitrogens is 2. The van der Waals surface area contributed by atoms with E-state index in [0.717, 1.165) is 12.8 Å². The third kappa shape index (κ3) is 4.53. The van der Waals surface area contributed by atoms with Crippen LogP contribution in [0.1, 0.15) is 19.8 Å². The molecule has 0 saturated heterocycles. The number of nitrogen functional groups attached to an aromatic ring is 1. The number of ether oxygens (including phenoxy) is 1. The summed E-state index contributed by atoms with van der Waals surface area (Å²) < 4.78 is 5.27. The van der Waals surface area contributed by atoms with Crippen molar-refractivity contribution in [3.63, 3.8) is 0 Å². The maximum absolute atomic E-state index is 11.0. The van der Waals surface area contributed by atoms with Gasteiger partial charge < -0.3 is 26.3 Å². The highest BCUT2D eigenvalue weighted by atomic mass is 16.6. The molecule has 0 spiro atoms. The molecule has 0 aliphatic carbocycles. The second kappa shape index (κ2) is 7.94. The fourth-order valence-corrected chi connectivity index (χ4v) is 1.43. The van der Waals surface area contributed by atoms with Crippen LogP contribution in [0.25, 0.3) is 0 Å². The van der Waals surface area contributed by atoms with Crippen LogP contribution in [0.15, 0.2) is 0 Å². The maximum Gasteiger partial charge on any atom is 0.353 e. The summed E-state index contributed by atoms with van der Waals surface area (Å²) in [5, 5.41) is 13.6. The summed E-state index contributed by atoms with van der Waals surface area (Å²) in [7, 11) is 0. The topological polar surface area (TPSA) is 159 Å². The summed E-state index contributed by atoms with van der Waals surface area (Å²) in [4.78, 5) is 28.7. The smallest absolute Gasteiger partial charge is 0.353 e. The number of aldehydes is 1. The molecule has 10 nitrogen and oxygen atoms in total. The Kier molecular flexibility index (Phi) is 6.27. The minimum Gasteiger partial charge on any atom is -0.463 e. The zero-order chi connectivity index (χ0) is 15.8. The van der Waals surface area contributed by atoms with Crippen molar-refractivity contribution in [1.29, 1.82) is 0 Å². The van der Waals surface area contributed by atoms with Crippen LogP contribution in [-0.2, 0) is 4.79 Å². The highest BCUT2D eigenvalue weighted by molar-refractivity contribution is 5.72. The monoisotopic (exact) mass is 298 g/mol. The lowest BCUT2D eigenvalue weighted by Gasteiger charge is -2.13. The molecule has 1 heterocycles. The Bertz CT molecular complexity index is 510. The quantitative estimate of drug-likeness (QED) is 0.248. The lowest BCUT2D eigenvalue weighted by Crippen LogP contribution is -2.31. The number of nitro groups is 1. The van der Waals surface area contributed by atoms with E-state index in [9.17, 15) is 14.9 Å². The largest absolute Gasteiger partial charge is 0.463 e. The van der Waals surface area contributed by atoms with Gasteiger partial charge in [0, 0.05) is 6.54 Å². The summed E-state index contributed by atoms with van der Waals surface area (Å²) in [6.45, 7) is 2.30. The lowest BCUT2D eigenvalue weighted by atomic mass is 10.3. The predicted octanol–water partition coefficient (Wildman–Crippen LogP) is 0.0840. The third-order valence-corrected chi connectivity index (χ3v) is 2.54. The van der Waals surface area contributed by atoms with Gasteiger partial charge in [0.15, 0.2) is 0 Å². The molecule has 0 fully saturated rings. The summed E-state index contributed by atoms with van der Waals surface area (Å²) >= 11 is 0. The first-order valence-electron chi connectivity index (χ1n) is 6.40. The summed E-state index contributed by atoms with van der Waals surface area (Å²) in [5.74, 6) is -0.535. The number of carbonyl (C=O) groups excluding carboxylic acids is 1. The van der Waals surface area contributed by atoms with Gasteiger partial charge >= 0.3 is 11.7 Å². The fraction of sp³-hybridized carbons (Fsp3) is 0.545. The van der Waals surface area contributed by atoms with Crippen molar-refractivity contribution in [3.05, 3.63) is 10.1 Å². The van der Waals surface area contributed by atoms with Gasteiger partial charge in [0.1, 0.15) is 6.29 Å². The van der Waals surface area contributed by atoms with Gasteiger partial charge in [0.05, 0.1) is 17.6 Å². The number of anilines is 2. The Hall–Kier alpha value is -2.49. The van der Waals surface area contributed by atoms with Crippen molar-refractivity contribution in [2.24, 2.45) is 5.73 Å². The molecule has 21 heavy (non-hydrogen) atoms. The number of nitrogens with zero attached hydrogens (tertiary/aromatic N) is 3. The van der Waals surface area contributed by atoms with Crippen LogP contribution < -0.4 is 21.5 Å². The summed E-state index contributed by atoms with van der Waals surface area (Å²) in [6.07, 6.45) is 2.22. The molecule has 0 saturated carbocycles. The maximum atomic E-state index is 11.0. The van der Waals surface area contributed by atoms with Crippen LogP contribution in [0.5, 0.6) is 6.01 Å². The van der Waals surface area contributed by atoms with E-state index in [2.05, 4.69) is 15.3 Å². The van der Waals surface area contributed by atoms with Crippen molar-refractivity contribution in [1.82, 2.24) is 9.97 Å². The van der Waals surface area contributed by atoms with E-state index >= 15 is 0 Å². The Balaban J connectivity index is 3.09.